The number of nitrogens with one attached hydrogen (secondary N) is 1. The Morgan fingerprint density at radius 1 is 1.45 bits per heavy atom. The van der Waals surface area contributed by atoms with E-state index in [1.165, 1.54) is 0 Å². The van der Waals surface area contributed by atoms with Crippen LogP contribution in [0.15, 0.2) is 30.5 Å². The standard InChI is InChI=1S/C16H20N2O2/c1-20-11-12-3-2-8-18(10-12)16(19)14-4-5-15-13(9-14)6-7-17-15/h4-7,9,12,17H,2-3,8,10-11H2,1H3. The maximum atomic E-state index is 12.6. The van der Waals surface area contributed by atoms with Crippen LogP contribution >= 0.6 is 0 Å². The van der Waals surface area contributed by atoms with Crippen LogP contribution in [-0.2, 0) is 4.74 Å². The van der Waals surface area contributed by atoms with Gasteiger partial charge in [-0.25, -0.2) is 0 Å². The van der Waals surface area contributed by atoms with Gasteiger partial charge in [0.05, 0.1) is 6.61 Å². The van der Waals surface area contributed by atoms with Gasteiger partial charge < -0.3 is 14.6 Å². The van der Waals surface area contributed by atoms with Crippen LogP contribution in [-0.4, -0.2) is 42.6 Å². The third-order valence-corrected chi connectivity index (χ3v) is 4.01. The first kappa shape index (κ1) is 13.2. The van der Waals surface area contributed by atoms with Crippen molar-refractivity contribution in [3.63, 3.8) is 0 Å². The molecular weight excluding hydrogens is 252 g/mol. The molecule has 0 aliphatic carbocycles. The molecule has 0 saturated carbocycles. The van der Waals surface area contributed by atoms with Gasteiger partial charge in [-0.05, 0) is 43.0 Å². The molecule has 1 atom stereocenters. The molecule has 20 heavy (non-hydrogen) atoms. The predicted molar refractivity (Wildman–Crippen MR) is 78.8 cm³/mol. The number of fused-ring (bicyclic) bond motifs is 1. The van der Waals surface area contributed by atoms with Crippen molar-refractivity contribution < 1.29 is 9.53 Å². The first-order chi connectivity index (χ1) is 9.78. The van der Waals surface area contributed by atoms with Crippen LogP contribution in [0.4, 0.5) is 0 Å². The van der Waals surface area contributed by atoms with Gasteiger partial charge in [0.1, 0.15) is 0 Å². The molecule has 4 heteroatoms. The van der Waals surface area contributed by atoms with Crippen LogP contribution in [0.1, 0.15) is 23.2 Å². The minimum atomic E-state index is 0.133. The molecule has 1 unspecified atom stereocenters. The second-order valence-electron chi connectivity index (χ2n) is 5.49. The molecule has 1 aromatic heterocycles. The summed E-state index contributed by atoms with van der Waals surface area (Å²) in [6.07, 6.45) is 4.11. The van der Waals surface area contributed by atoms with Gasteiger partial charge in [-0.3, -0.25) is 4.79 Å². The highest BCUT2D eigenvalue weighted by molar-refractivity contribution is 5.98. The zero-order chi connectivity index (χ0) is 13.9. The number of aromatic nitrogens is 1. The van der Waals surface area contributed by atoms with E-state index in [9.17, 15) is 4.79 Å². The maximum Gasteiger partial charge on any atom is 0.253 e. The smallest absolute Gasteiger partial charge is 0.253 e. The zero-order valence-corrected chi connectivity index (χ0v) is 11.8. The van der Waals surface area contributed by atoms with E-state index in [1.54, 1.807) is 7.11 Å². The van der Waals surface area contributed by atoms with Crippen molar-refractivity contribution in [2.24, 2.45) is 5.92 Å². The fraction of sp³-hybridized carbons (Fsp3) is 0.438. The van der Waals surface area contributed by atoms with E-state index < -0.39 is 0 Å². The fourth-order valence-electron chi connectivity index (χ4n) is 2.99. The summed E-state index contributed by atoms with van der Waals surface area (Å²) in [7, 11) is 1.72. The normalized spacial score (nSPS) is 19.4. The van der Waals surface area contributed by atoms with Gasteiger partial charge in [-0.15, -0.1) is 0 Å². The molecule has 2 aromatic rings. The number of rotatable bonds is 3. The predicted octanol–water partition coefficient (Wildman–Crippen LogP) is 2.67. The second kappa shape index (κ2) is 5.67. The number of ether oxygens (including phenoxy) is 1. The number of aromatic amines is 1. The van der Waals surface area contributed by atoms with E-state index in [2.05, 4.69) is 4.98 Å². The van der Waals surface area contributed by atoms with Gasteiger partial charge in [0.25, 0.3) is 5.91 Å². The first-order valence-corrected chi connectivity index (χ1v) is 7.13. The lowest BCUT2D eigenvalue weighted by molar-refractivity contribution is 0.0571. The molecular formula is C16H20N2O2. The SMILES string of the molecule is COCC1CCCN(C(=O)c2ccc3[nH]ccc3c2)C1. The Labute approximate surface area is 118 Å². The monoisotopic (exact) mass is 272 g/mol. The number of hydrogen-bond donors (Lipinski definition) is 1. The number of likely N-dealkylation sites (tertiary alicyclic amines) is 1. The summed E-state index contributed by atoms with van der Waals surface area (Å²) in [5.74, 6) is 0.600. The molecule has 1 aliphatic heterocycles. The number of amides is 1. The van der Waals surface area contributed by atoms with Gasteiger partial charge in [0, 0.05) is 42.9 Å². The number of H-pyrrole nitrogens is 1. The number of benzene rings is 1. The Hall–Kier alpha value is -1.81. The molecule has 1 aromatic carbocycles. The summed E-state index contributed by atoms with van der Waals surface area (Å²) in [6.45, 7) is 2.39. The average molecular weight is 272 g/mol. The summed E-state index contributed by atoms with van der Waals surface area (Å²) in [6, 6.07) is 7.84. The van der Waals surface area contributed by atoms with Crippen molar-refractivity contribution in [2.45, 2.75) is 12.8 Å². The summed E-state index contributed by atoms with van der Waals surface area (Å²) in [5, 5.41) is 1.08. The van der Waals surface area contributed by atoms with Gasteiger partial charge in [-0.1, -0.05) is 0 Å². The molecule has 106 valence electrons. The Morgan fingerprint density at radius 2 is 2.35 bits per heavy atom. The summed E-state index contributed by atoms with van der Waals surface area (Å²) >= 11 is 0. The molecule has 4 nitrogen and oxygen atoms in total. The molecule has 1 aliphatic rings. The first-order valence-electron chi connectivity index (χ1n) is 7.13. The van der Waals surface area contributed by atoms with Crippen LogP contribution in [0, 0.1) is 5.92 Å². The van der Waals surface area contributed by atoms with Crippen LogP contribution in [0.5, 0.6) is 0 Å². The largest absolute Gasteiger partial charge is 0.384 e. The average Bonchev–Trinajstić information content (AvgIpc) is 2.94. The van der Waals surface area contributed by atoms with Crippen molar-refractivity contribution in [1.82, 2.24) is 9.88 Å². The Morgan fingerprint density at radius 3 is 3.20 bits per heavy atom. The van der Waals surface area contributed by atoms with Crippen molar-refractivity contribution in [2.75, 3.05) is 26.8 Å². The van der Waals surface area contributed by atoms with Gasteiger partial charge in [0.2, 0.25) is 0 Å². The van der Waals surface area contributed by atoms with Crippen molar-refractivity contribution in [1.29, 1.82) is 0 Å². The molecule has 1 saturated heterocycles. The van der Waals surface area contributed by atoms with Crippen LogP contribution in [0.3, 0.4) is 0 Å². The zero-order valence-electron chi connectivity index (χ0n) is 11.8. The van der Waals surface area contributed by atoms with Gasteiger partial charge >= 0.3 is 0 Å². The Kier molecular flexibility index (Phi) is 3.74. The molecule has 0 bridgehead atoms. The lowest BCUT2D eigenvalue weighted by Gasteiger charge is -2.32. The van der Waals surface area contributed by atoms with Crippen LogP contribution in [0.25, 0.3) is 10.9 Å². The highest BCUT2D eigenvalue weighted by atomic mass is 16.5. The minimum Gasteiger partial charge on any atom is -0.384 e. The number of hydrogen-bond acceptors (Lipinski definition) is 2. The maximum absolute atomic E-state index is 12.6. The molecule has 1 amide bonds. The quantitative estimate of drug-likeness (QED) is 0.933. The number of methoxy groups -OCH3 is 1. The van der Waals surface area contributed by atoms with Crippen LogP contribution < -0.4 is 0 Å². The topological polar surface area (TPSA) is 45.3 Å². The lowest BCUT2D eigenvalue weighted by atomic mass is 9.98. The minimum absolute atomic E-state index is 0.133. The summed E-state index contributed by atoms with van der Waals surface area (Å²) < 4.78 is 5.22. The van der Waals surface area contributed by atoms with Gasteiger partial charge in [0.15, 0.2) is 0 Å². The fourth-order valence-corrected chi connectivity index (χ4v) is 2.99. The van der Waals surface area contributed by atoms with Crippen molar-refractivity contribution in [3.8, 4) is 0 Å². The molecule has 1 N–H and O–H groups in total. The Balaban J connectivity index is 1.77. The van der Waals surface area contributed by atoms with E-state index in [1.807, 2.05) is 35.4 Å². The van der Waals surface area contributed by atoms with Gasteiger partial charge in [-0.2, -0.15) is 0 Å². The van der Waals surface area contributed by atoms with Crippen molar-refractivity contribution >= 4 is 16.8 Å². The highest BCUT2D eigenvalue weighted by Crippen LogP contribution is 2.21. The molecule has 0 spiro atoms. The number of nitrogens with zero attached hydrogens (tertiary/aromatic N) is 1. The van der Waals surface area contributed by atoms with E-state index in [4.69, 9.17) is 4.74 Å². The highest BCUT2D eigenvalue weighted by Gasteiger charge is 2.24. The number of carbonyl (C=O) groups is 1. The van der Waals surface area contributed by atoms with E-state index in [0.29, 0.717) is 5.92 Å². The van der Waals surface area contributed by atoms with E-state index in [-0.39, 0.29) is 5.91 Å². The van der Waals surface area contributed by atoms with Crippen LogP contribution in [0.2, 0.25) is 0 Å². The third-order valence-electron chi connectivity index (χ3n) is 4.01. The van der Waals surface area contributed by atoms with E-state index in [0.717, 1.165) is 49.0 Å². The molecule has 2 heterocycles. The summed E-state index contributed by atoms with van der Waals surface area (Å²) in [5.41, 5.74) is 1.84. The second-order valence-corrected chi connectivity index (χ2v) is 5.49. The molecule has 3 rings (SSSR count). The Bertz CT molecular complexity index is 603. The molecule has 0 radical (unpaired) electrons. The third kappa shape index (κ3) is 2.56. The summed E-state index contributed by atoms with van der Waals surface area (Å²) in [4.78, 5) is 17.7. The molecule has 1 fully saturated rings. The van der Waals surface area contributed by atoms with E-state index >= 15 is 0 Å². The van der Waals surface area contributed by atoms with Crippen molar-refractivity contribution in [3.05, 3.63) is 36.0 Å². The number of piperidine rings is 1. The number of carbonyl (C=O) groups excluding carboxylic acids is 1. The lowest BCUT2D eigenvalue weighted by Crippen LogP contribution is -2.41.